The van der Waals surface area contributed by atoms with Crippen LogP contribution in [0.15, 0.2) is 18.5 Å². The van der Waals surface area contributed by atoms with Crippen LogP contribution in [0.3, 0.4) is 0 Å². The number of pyridine rings is 1. The van der Waals surface area contributed by atoms with Crippen molar-refractivity contribution in [3.05, 3.63) is 29.0 Å². The molecule has 0 aliphatic heterocycles. The Balaban J connectivity index is 2.54. The molecule has 0 radical (unpaired) electrons. The fraction of sp³-hybridized carbons (Fsp3) is 0.333. The molecule has 76 valence electrons. The van der Waals surface area contributed by atoms with Gasteiger partial charge in [-0.3, -0.25) is 9.78 Å². The highest BCUT2D eigenvalue weighted by Crippen LogP contribution is 2.12. The molecule has 0 aliphatic carbocycles. The maximum atomic E-state index is 11.1. The van der Waals surface area contributed by atoms with Gasteiger partial charge in [0.1, 0.15) is 0 Å². The monoisotopic (exact) mass is 213 g/mol. The average Bonchev–Trinajstić information content (AvgIpc) is 2.16. The number of hydrogen-bond acceptors (Lipinski definition) is 3. The van der Waals surface area contributed by atoms with Crippen molar-refractivity contribution < 1.29 is 4.79 Å². The number of hydrogen-bond donors (Lipinski definition) is 2. The van der Waals surface area contributed by atoms with E-state index in [4.69, 9.17) is 17.3 Å². The van der Waals surface area contributed by atoms with Crippen LogP contribution in [0.5, 0.6) is 0 Å². The van der Waals surface area contributed by atoms with Crippen LogP contribution in [-0.2, 0) is 11.3 Å². The number of carbonyl (C=O) groups is 1. The lowest BCUT2D eigenvalue weighted by molar-refractivity contribution is -0.122. The van der Waals surface area contributed by atoms with Crippen LogP contribution in [0.1, 0.15) is 12.5 Å². The Morgan fingerprint density at radius 3 is 3.07 bits per heavy atom. The Kier molecular flexibility index (Phi) is 3.85. The highest BCUT2D eigenvalue weighted by atomic mass is 35.5. The van der Waals surface area contributed by atoms with E-state index in [-0.39, 0.29) is 5.91 Å². The van der Waals surface area contributed by atoms with E-state index >= 15 is 0 Å². The van der Waals surface area contributed by atoms with E-state index in [9.17, 15) is 4.79 Å². The van der Waals surface area contributed by atoms with Gasteiger partial charge in [0, 0.05) is 18.9 Å². The standard InChI is InChI=1S/C9H12ClN3O/c1-6(11)9(14)13-4-7-2-3-12-5-8(7)10/h2-3,5-6H,4,11H2,1H3,(H,13,14)/t6-/m0/s1. The Morgan fingerprint density at radius 1 is 1.79 bits per heavy atom. The van der Waals surface area contributed by atoms with Crippen LogP contribution in [0.2, 0.25) is 5.02 Å². The van der Waals surface area contributed by atoms with E-state index in [0.717, 1.165) is 5.56 Å². The first-order chi connectivity index (χ1) is 6.61. The second-order valence-electron chi connectivity index (χ2n) is 2.97. The zero-order valence-electron chi connectivity index (χ0n) is 7.83. The van der Waals surface area contributed by atoms with Gasteiger partial charge >= 0.3 is 0 Å². The van der Waals surface area contributed by atoms with Gasteiger partial charge < -0.3 is 11.1 Å². The average molecular weight is 214 g/mol. The molecule has 4 nitrogen and oxygen atoms in total. The van der Waals surface area contributed by atoms with Gasteiger partial charge in [-0.1, -0.05) is 11.6 Å². The zero-order valence-corrected chi connectivity index (χ0v) is 8.58. The molecule has 0 spiro atoms. The molecular formula is C9H12ClN3O. The molecule has 0 aromatic carbocycles. The van der Waals surface area contributed by atoms with Crippen molar-refractivity contribution in [1.82, 2.24) is 10.3 Å². The van der Waals surface area contributed by atoms with Gasteiger partial charge in [-0.2, -0.15) is 0 Å². The van der Waals surface area contributed by atoms with Crippen molar-refractivity contribution in [1.29, 1.82) is 0 Å². The summed E-state index contributed by atoms with van der Waals surface area (Å²) in [6.07, 6.45) is 3.16. The first-order valence-electron chi connectivity index (χ1n) is 4.23. The van der Waals surface area contributed by atoms with Gasteiger partial charge in [-0.25, -0.2) is 0 Å². The van der Waals surface area contributed by atoms with E-state index in [0.29, 0.717) is 11.6 Å². The fourth-order valence-corrected chi connectivity index (χ4v) is 1.08. The molecule has 1 heterocycles. The lowest BCUT2D eigenvalue weighted by atomic mass is 10.2. The molecule has 1 aromatic heterocycles. The number of rotatable bonds is 3. The minimum Gasteiger partial charge on any atom is -0.351 e. The summed E-state index contributed by atoms with van der Waals surface area (Å²) in [5, 5.41) is 3.20. The van der Waals surface area contributed by atoms with Crippen LogP contribution >= 0.6 is 11.6 Å². The van der Waals surface area contributed by atoms with Gasteiger partial charge in [0.15, 0.2) is 0 Å². The Bertz CT molecular complexity index is 328. The number of halogens is 1. The molecule has 0 fully saturated rings. The lowest BCUT2D eigenvalue weighted by Gasteiger charge is -2.08. The van der Waals surface area contributed by atoms with E-state index in [2.05, 4.69) is 10.3 Å². The van der Waals surface area contributed by atoms with Crippen molar-refractivity contribution in [2.24, 2.45) is 5.73 Å². The second kappa shape index (κ2) is 4.93. The fourth-order valence-electron chi connectivity index (χ4n) is 0.891. The zero-order chi connectivity index (χ0) is 10.6. The predicted molar refractivity (Wildman–Crippen MR) is 54.7 cm³/mol. The van der Waals surface area contributed by atoms with Crippen LogP contribution in [0.25, 0.3) is 0 Å². The molecule has 0 bridgehead atoms. The first kappa shape index (κ1) is 10.9. The number of aromatic nitrogens is 1. The van der Waals surface area contributed by atoms with E-state index in [1.807, 2.05) is 0 Å². The number of nitrogens with two attached hydrogens (primary N) is 1. The summed E-state index contributed by atoms with van der Waals surface area (Å²) in [6.45, 7) is 2.01. The summed E-state index contributed by atoms with van der Waals surface area (Å²) in [5.74, 6) is -0.196. The minimum absolute atomic E-state index is 0.196. The van der Waals surface area contributed by atoms with Crippen molar-refractivity contribution in [3.8, 4) is 0 Å². The topological polar surface area (TPSA) is 68.0 Å². The van der Waals surface area contributed by atoms with Crippen LogP contribution in [0.4, 0.5) is 0 Å². The van der Waals surface area contributed by atoms with Gasteiger partial charge in [0.25, 0.3) is 0 Å². The summed E-state index contributed by atoms with van der Waals surface area (Å²) in [4.78, 5) is 15.0. The molecule has 1 aromatic rings. The summed E-state index contributed by atoms with van der Waals surface area (Å²) in [5.41, 5.74) is 6.21. The summed E-state index contributed by atoms with van der Waals surface area (Å²) < 4.78 is 0. The first-order valence-corrected chi connectivity index (χ1v) is 4.60. The molecule has 14 heavy (non-hydrogen) atoms. The van der Waals surface area contributed by atoms with Crippen LogP contribution in [-0.4, -0.2) is 16.9 Å². The molecule has 1 atom stereocenters. The maximum Gasteiger partial charge on any atom is 0.236 e. The number of nitrogens with one attached hydrogen (secondary N) is 1. The van der Waals surface area contributed by atoms with Gasteiger partial charge in [-0.15, -0.1) is 0 Å². The third kappa shape index (κ3) is 2.97. The van der Waals surface area contributed by atoms with Gasteiger partial charge in [0.2, 0.25) is 5.91 Å². The van der Waals surface area contributed by atoms with E-state index in [1.165, 1.54) is 6.20 Å². The van der Waals surface area contributed by atoms with Crippen LogP contribution < -0.4 is 11.1 Å². The quantitative estimate of drug-likeness (QED) is 0.777. The van der Waals surface area contributed by atoms with E-state index < -0.39 is 6.04 Å². The van der Waals surface area contributed by atoms with Gasteiger partial charge in [-0.05, 0) is 18.6 Å². The smallest absolute Gasteiger partial charge is 0.236 e. The predicted octanol–water partition coefficient (Wildman–Crippen LogP) is 0.698. The second-order valence-corrected chi connectivity index (χ2v) is 3.38. The number of amides is 1. The number of carbonyl (C=O) groups excluding carboxylic acids is 1. The molecule has 1 amide bonds. The Labute approximate surface area is 87.5 Å². The van der Waals surface area contributed by atoms with Gasteiger partial charge in [0.05, 0.1) is 11.1 Å². The summed E-state index contributed by atoms with van der Waals surface area (Å²) in [7, 11) is 0. The summed E-state index contributed by atoms with van der Waals surface area (Å²) >= 11 is 5.84. The normalized spacial score (nSPS) is 12.2. The Hall–Kier alpha value is -1.13. The number of nitrogens with zero attached hydrogens (tertiary/aromatic N) is 1. The maximum absolute atomic E-state index is 11.1. The summed E-state index contributed by atoms with van der Waals surface area (Å²) in [6, 6.07) is 1.25. The highest BCUT2D eigenvalue weighted by molar-refractivity contribution is 6.31. The van der Waals surface area contributed by atoms with E-state index in [1.54, 1.807) is 19.2 Å². The third-order valence-corrected chi connectivity index (χ3v) is 2.06. The van der Waals surface area contributed by atoms with Crippen molar-refractivity contribution >= 4 is 17.5 Å². The van der Waals surface area contributed by atoms with Crippen molar-refractivity contribution in [2.75, 3.05) is 0 Å². The highest BCUT2D eigenvalue weighted by Gasteiger charge is 2.07. The lowest BCUT2D eigenvalue weighted by Crippen LogP contribution is -2.37. The molecule has 0 unspecified atom stereocenters. The Morgan fingerprint density at radius 2 is 2.50 bits per heavy atom. The largest absolute Gasteiger partial charge is 0.351 e. The molecule has 5 heteroatoms. The molecule has 0 aliphatic rings. The third-order valence-electron chi connectivity index (χ3n) is 1.72. The SMILES string of the molecule is C[C@H](N)C(=O)NCc1ccncc1Cl. The van der Waals surface area contributed by atoms with Crippen LogP contribution in [0, 0.1) is 0 Å². The molecule has 0 saturated heterocycles. The molecule has 3 N–H and O–H groups in total. The van der Waals surface area contributed by atoms with Crippen molar-refractivity contribution in [3.63, 3.8) is 0 Å². The molecule has 0 saturated carbocycles. The molecular weight excluding hydrogens is 202 g/mol. The minimum atomic E-state index is -0.504. The van der Waals surface area contributed by atoms with Crippen molar-refractivity contribution in [2.45, 2.75) is 19.5 Å². The molecule has 1 rings (SSSR count).